The fourth-order valence-corrected chi connectivity index (χ4v) is 2.65. The predicted molar refractivity (Wildman–Crippen MR) is 77.7 cm³/mol. The first-order chi connectivity index (χ1) is 9.99. The molecule has 0 radical (unpaired) electrons. The molecule has 1 fully saturated rings. The maximum atomic E-state index is 12.2. The topological polar surface area (TPSA) is 82.5 Å². The van der Waals surface area contributed by atoms with Crippen LogP contribution in [0.5, 0.6) is 0 Å². The van der Waals surface area contributed by atoms with Crippen molar-refractivity contribution in [3.05, 3.63) is 29.6 Å². The number of nitrogens with one attached hydrogen (secondary N) is 1. The van der Waals surface area contributed by atoms with Crippen LogP contribution >= 0.6 is 0 Å². The van der Waals surface area contributed by atoms with Crippen molar-refractivity contribution in [3.63, 3.8) is 0 Å². The SMILES string of the molecule is Cc1ccncc1CNC(=O)N1CCC(C(=O)O)CC1C. The van der Waals surface area contributed by atoms with Gasteiger partial charge in [-0.25, -0.2) is 4.79 Å². The maximum absolute atomic E-state index is 12.2. The fraction of sp³-hybridized carbons (Fsp3) is 0.533. The summed E-state index contributed by atoms with van der Waals surface area (Å²) in [7, 11) is 0. The molecule has 0 saturated carbocycles. The first-order valence-electron chi connectivity index (χ1n) is 7.15. The van der Waals surface area contributed by atoms with Crippen molar-refractivity contribution >= 4 is 12.0 Å². The van der Waals surface area contributed by atoms with Gasteiger partial charge < -0.3 is 15.3 Å². The van der Waals surface area contributed by atoms with Gasteiger partial charge in [0.2, 0.25) is 0 Å². The van der Waals surface area contributed by atoms with Crippen LogP contribution in [0.3, 0.4) is 0 Å². The Morgan fingerprint density at radius 2 is 2.29 bits per heavy atom. The van der Waals surface area contributed by atoms with Gasteiger partial charge in [-0.1, -0.05) is 0 Å². The van der Waals surface area contributed by atoms with Gasteiger partial charge in [0.15, 0.2) is 0 Å². The van der Waals surface area contributed by atoms with E-state index in [4.69, 9.17) is 5.11 Å². The summed E-state index contributed by atoms with van der Waals surface area (Å²) in [6.07, 6.45) is 4.49. The van der Waals surface area contributed by atoms with Crippen molar-refractivity contribution in [3.8, 4) is 0 Å². The zero-order valence-electron chi connectivity index (χ0n) is 12.4. The minimum absolute atomic E-state index is 0.0603. The van der Waals surface area contributed by atoms with Gasteiger partial charge in [-0.2, -0.15) is 0 Å². The summed E-state index contributed by atoms with van der Waals surface area (Å²) in [4.78, 5) is 29.0. The molecule has 1 aliphatic rings. The van der Waals surface area contributed by atoms with Gasteiger partial charge in [0.1, 0.15) is 0 Å². The molecule has 1 aromatic rings. The van der Waals surface area contributed by atoms with Crippen LogP contribution in [0, 0.1) is 12.8 Å². The van der Waals surface area contributed by atoms with Crippen LogP contribution in [0.1, 0.15) is 30.9 Å². The molecule has 6 nitrogen and oxygen atoms in total. The summed E-state index contributed by atoms with van der Waals surface area (Å²) in [6.45, 7) is 4.79. The lowest BCUT2D eigenvalue weighted by molar-refractivity contribution is -0.143. The van der Waals surface area contributed by atoms with Crippen LogP contribution < -0.4 is 5.32 Å². The summed E-state index contributed by atoms with van der Waals surface area (Å²) in [5, 5.41) is 11.9. The largest absolute Gasteiger partial charge is 0.481 e. The summed E-state index contributed by atoms with van der Waals surface area (Å²) < 4.78 is 0. The van der Waals surface area contributed by atoms with Gasteiger partial charge in [-0.15, -0.1) is 0 Å². The van der Waals surface area contributed by atoms with E-state index in [1.54, 1.807) is 17.3 Å². The quantitative estimate of drug-likeness (QED) is 0.889. The number of aryl methyl sites for hydroxylation is 1. The standard InChI is InChI=1S/C15H21N3O3/c1-10-3-5-16-8-13(10)9-17-15(21)18-6-4-12(14(19)20)7-11(18)2/h3,5,8,11-12H,4,6-7,9H2,1-2H3,(H,17,21)(H,19,20). The van der Waals surface area contributed by atoms with E-state index in [-0.39, 0.29) is 18.0 Å². The Kier molecular flexibility index (Phi) is 4.77. The molecule has 1 aromatic heterocycles. The molecular weight excluding hydrogens is 270 g/mol. The van der Waals surface area contributed by atoms with Crippen LogP contribution in [0.25, 0.3) is 0 Å². The lowest BCUT2D eigenvalue weighted by Gasteiger charge is -2.36. The monoisotopic (exact) mass is 291 g/mol. The van der Waals surface area contributed by atoms with Crippen LogP contribution in [-0.4, -0.2) is 39.6 Å². The van der Waals surface area contributed by atoms with E-state index in [1.165, 1.54) is 0 Å². The Bertz CT molecular complexity index is 533. The van der Waals surface area contributed by atoms with Crippen LogP contribution in [0.2, 0.25) is 0 Å². The molecule has 114 valence electrons. The van der Waals surface area contributed by atoms with Crippen molar-refractivity contribution in [1.29, 1.82) is 0 Å². The first kappa shape index (κ1) is 15.3. The molecule has 0 bridgehead atoms. The van der Waals surface area contributed by atoms with Gasteiger partial charge >= 0.3 is 12.0 Å². The number of likely N-dealkylation sites (tertiary alicyclic amines) is 1. The van der Waals surface area contributed by atoms with E-state index in [9.17, 15) is 9.59 Å². The third-order valence-corrected chi connectivity index (χ3v) is 4.06. The molecule has 2 N–H and O–H groups in total. The Hall–Kier alpha value is -2.11. The third kappa shape index (κ3) is 3.71. The lowest BCUT2D eigenvalue weighted by atomic mass is 9.92. The first-order valence-corrected chi connectivity index (χ1v) is 7.15. The van der Waals surface area contributed by atoms with Gasteiger partial charge in [0, 0.05) is 31.5 Å². The number of amides is 2. The number of carbonyl (C=O) groups excluding carboxylic acids is 1. The summed E-state index contributed by atoms with van der Waals surface area (Å²) >= 11 is 0. The molecule has 2 amide bonds. The zero-order valence-corrected chi connectivity index (χ0v) is 12.4. The summed E-state index contributed by atoms with van der Waals surface area (Å²) in [6, 6.07) is 1.70. The Balaban J connectivity index is 1.89. The summed E-state index contributed by atoms with van der Waals surface area (Å²) in [5.74, 6) is -1.11. The highest BCUT2D eigenvalue weighted by Gasteiger charge is 2.32. The maximum Gasteiger partial charge on any atom is 0.317 e. The highest BCUT2D eigenvalue weighted by atomic mass is 16.4. The Labute approximate surface area is 124 Å². The third-order valence-electron chi connectivity index (χ3n) is 4.06. The highest BCUT2D eigenvalue weighted by molar-refractivity contribution is 5.75. The Morgan fingerprint density at radius 1 is 1.52 bits per heavy atom. The second kappa shape index (κ2) is 6.56. The van der Waals surface area contributed by atoms with Crippen molar-refractivity contribution in [2.75, 3.05) is 6.54 Å². The molecule has 2 heterocycles. The molecule has 0 spiro atoms. The van der Waals surface area contributed by atoms with Crippen molar-refractivity contribution in [1.82, 2.24) is 15.2 Å². The van der Waals surface area contributed by atoms with Gasteiger partial charge in [-0.05, 0) is 43.9 Å². The summed E-state index contributed by atoms with van der Waals surface area (Å²) in [5.41, 5.74) is 2.07. The number of carboxylic acids is 1. The molecule has 6 heteroatoms. The predicted octanol–water partition coefficient (Wildman–Crippen LogP) is 1.78. The van der Waals surface area contributed by atoms with Crippen LogP contribution in [0.4, 0.5) is 4.79 Å². The number of pyridine rings is 1. The van der Waals surface area contributed by atoms with E-state index in [0.717, 1.165) is 11.1 Å². The smallest absolute Gasteiger partial charge is 0.317 e. The molecular formula is C15H21N3O3. The van der Waals surface area contributed by atoms with E-state index >= 15 is 0 Å². The molecule has 2 unspecified atom stereocenters. The van der Waals surface area contributed by atoms with Gasteiger partial charge in [0.25, 0.3) is 0 Å². The van der Waals surface area contributed by atoms with E-state index in [1.807, 2.05) is 19.9 Å². The lowest BCUT2D eigenvalue weighted by Crippen LogP contribution is -2.50. The Morgan fingerprint density at radius 3 is 2.90 bits per heavy atom. The van der Waals surface area contributed by atoms with Crippen molar-refractivity contribution in [2.45, 2.75) is 39.3 Å². The second-order valence-electron chi connectivity index (χ2n) is 5.56. The number of carbonyl (C=O) groups is 2. The number of aliphatic carboxylic acids is 1. The number of hydrogen-bond donors (Lipinski definition) is 2. The van der Waals surface area contributed by atoms with Gasteiger partial charge in [-0.3, -0.25) is 9.78 Å². The number of urea groups is 1. The average molecular weight is 291 g/mol. The number of hydrogen-bond acceptors (Lipinski definition) is 3. The minimum atomic E-state index is -0.770. The number of rotatable bonds is 3. The molecule has 1 aliphatic heterocycles. The molecule has 0 aromatic carbocycles. The van der Waals surface area contributed by atoms with Crippen LogP contribution in [-0.2, 0) is 11.3 Å². The van der Waals surface area contributed by atoms with E-state index < -0.39 is 5.97 Å². The van der Waals surface area contributed by atoms with Crippen molar-refractivity contribution < 1.29 is 14.7 Å². The number of aromatic nitrogens is 1. The second-order valence-corrected chi connectivity index (χ2v) is 5.56. The van der Waals surface area contributed by atoms with Crippen molar-refractivity contribution in [2.24, 2.45) is 5.92 Å². The molecule has 21 heavy (non-hydrogen) atoms. The zero-order chi connectivity index (χ0) is 15.4. The molecule has 2 rings (SSSR count). The van der Waals surface area contributed by atoms with E-state index in [0.29, 0.717) is 25.9 Å². The number of piperidine rings is 1. The fourth-order valence-electron chi connectivity index (χ4n) is 2.65. The number of nitrogens with zero attached hydrogens (tertiary/aromatic N) is 2. The van der Waals surface area contributed by atoms with Gasteiger partial charge in [0.05, 0.1) is 5.92 Å². The normalized spacial score (nSPS) is 21.9. The van der Waals surface area contributed by atoms with E-state index in [2.05, 4.69) is 10.3 Å². The highest BCUT2D eigenvalue weighted by Crippen LogP contribution is 2.23. The van der Waals surface area contributed by atoms with Crippen LogP contribution in [0.15, 0.2) is 18.5 Å². The average Bonchev–Trinajstić information content (AvgIpc) is 2.46. The molecule has 2 atom stereocenters. The molecule has 1 saturated heterocycles. The minimum Gasteiger partial charge on any atom is -0.481 e. The number of carboxylic acid groups (broad SMARTS) is 1. The molecule has 0 aliphatic carbocycles.